The molecule has 15 heavy (non-hydrogen) atoms. The second-order valence-electron chi connectivity index (χ2n) is 2.38. The van der Waals surface area contributed by atoms with E-state index in [9.17, 15) is 23.3 Å². The Morgan fingerprint density at radius 1 is 1.53 bits per heavy atom. The molecule has 0 atom stereocenters. The van der Waals surface area contributed by atoms with Gasteiger partial charge in [-0.25, -0.2) is 8.78 Å². The summed E-state index contributed by atoms with van der Waals surface area (Å²) in [4.78, 5) is 11.9. The molecule has 5 nitrogen and oxygen atoms in total. The summed E-state index contributed by atoms with van der Waals surface area (Å²) in [5, 5.41) is 10.2. The maximum absolute atomic E-state index is 12.9. The van der Waals surface area contributed by atoms with Gasteiger partial charge in [0, 0.05) is 0 Å². The topological polar surface area (TPSA) is 65.3 Å². The van der Waals surface area contributed by atoms with Gasteiger partial charge in [0.25, 0.3) is 11.8 Å². The van der Waals surface area contributed by atoms with Crippen molar-refractivity contribution in [1.82, 2.24) is 4.98 Å². The zero-order chi connectivity index (χ0) is 11.4. The van der Waals surface area contributed by atoms with Crippen LogP contribution in [-0.4, -0.2) is 23.2 Å². The number of alkyl halides is 1. The average molecular weight is 222 g/mol. The van der Waals surface area contributed by atoms with Gasteiger partial charge >= 0.3 is 5.69 Å². The van der Waals surface area contributed by atoms with E-state index >= 15 is 0 Å². The Kier molecular flexibility index (Phi) is 3.42. The largest absolute Gasteiger partial charge is 0.473 e. The van der Waals surface area contributed by atoms with Gasteiger partial charge < -0.3 is 4.74 Å². The molecule has 0 saturated heterocycles. The van der Waals surface area contributed by atoms with Crippen LogP contribution in [0.1, 0.15) is 0 Å². The van der Waals surface area contributed by atoms with E-state index in [-0.39, 0.29) is 0 Å². The van der Waals surface area contributed by atoms with Crippen molar-refractivity contribution in [3.8, 4) is 5.88 Å². The first kappa shape index (κ1) is 11.2. The number of hydrogen-bond donors (Lipinski definition) is 0. The molecule has 0 bridgehead atoms. The van der Waals surface area contributed by atoms with Crippen LogP contribution in [0.15, 0.2) is 6.07 Å². The van der Waals surface area contributed by atoms with E-state index < -0.39 is 41.5 Å². The number of nitro groups is 1. The Morgan fingerprint density at radius 2 is 2.20 bits per heavy atom. The highest BCUT2D eigenvalue weighted by atomic mass is 19.1. The molecule has 0 aromatic carbocycles. The molecule has 8 heteroatoms. The Bertz CT molecular complexity index is 386. The van der Waals surface area contributed by atoms with Crippen LogP contribution in [0.2, 0.25) is 0 Å². The van der Waals surface area contributed by atoms with Gasteiger partial charge in [0.2, 0.25) is 0 Å². The third-order valence-corrected chi connectivity index (χ3v) is 1.39. The molecule has 0 spiro atoms. The first-order valence-electron chi connectivity index (χ1n) is 3.75. The Hall–Kier alpha value is -1.86. The monoisotopic (exact) mass is 222 g/mol. The van der Waals surface area contributed by atoms with Gasteiger partial charge in [-0.05, 0) is 0 Å². The van der Waals surface area contributed by atoms with E-state index in [2.05, 4.69) is 9.72 Å². The number of rotatable bonds is 4. The molecule has 0 unspecified atom stereocenters. The standard InChI is InChI=1S/C7H5F3N2O3/c8-1-2-15-7-4(9)3-5(12(13)14)6(10)11-7/h3H,1-2H2. The number of ether oxygens (including phenoxy) is 1. The fourth-order valence-corrected chi connectivity index (χ4v) is 0.806. The lowest BCUT2D eigenvalue weighted by Crippen LogP contribution is -2.05. The fraction of sp³-hybridized carbons (Fsp3) is 0.286. The zero-order valence-electron chi connectivity index (χ0n) is 7.24. The molecule has 1 rings (SSSR count). The summed E-state index contributed by atoms with van der Waals surface area (Å²) in [6.07, 6.45) is 0. The summed E-state index contributed by atoms with van der Waals surface area (Å²) in [7, 11) is 0. The van der Waals surface area contributed by atoms with Crippen molar-refractivity contribution < 1.29 is 22.8 Å². The predicted molar refractivity (Wildman–Crippen MR) is 42.3 cm³/mol. The minimum Gasteiger partial charge on any atom is -0.473 e. The van der Waals surface area contributed by atoms with E-state index in [0.717, 1.165) is 0 Å². The molecule has 0 N–H and O–H groups in total. The Balaban J connectivity index is 3.02. The van der Waals surface area contributed by atoms with Crippen LogP contribution in [-0.2, 0) is 0 Å². The maximum atomic E-state index is 12.9. The lowest BCUT2D eigenvalue weighted by Gasteiger charge is -2.03. The highest BCUT2D eigenvalue weighted by Crippen LogP contribution is 2.22. The Labute approximate surface area is 81.6 Å². The minimum atomic E-state index is -1.48. The first-order chi connectivity index (χ1) is 7.06. The highest BCUT2D eigenvalue weighted by Gasteiger charge is 2.20. The Morgan fingerprint density at radius 3 is 2.73 bits per heavy atom. The second-order valence-corrected chi connectivity index (χ2v) is 2.38. The molecular formula is C7H5F3N2O3. The summed E-state index contributed by atoms with van der Waals surface area (Å²) in [6, 6.07) is 0.329. The van der Waals surface area contributed by atoms with Crippen molar-refractivity contribution in [2.75, 3.05) is 13.3 Å². The molecular weight excluding hydrogens is 217 g/mol. The van der Waals surface area contributed by atoms with E-state index in [1.807, 2.05) is 0 Å². The molecule has 0 radical (unpaired) electrons. The molecule has 0 aliphatic carbocycles. The summed E-state index contributed by atoms with van der Waals surface area (Å²) >= 11 is 0. The molecule has 1 heterocycles. The summed E-state index contributed by atoms with van der Waals surface area (Å²) in [5.74, 6) is -3.48. The number of aromatic nitrogens is 1. The van der Waals surface area contributed by atoms with Crippen molar-refractivity contribution in [3.63, 3.8) is 0 Å². The summed E-state index contributed by atoms with van der Waals surface area (Å²) in [6.45, 7) is -1.40. The predicted octanol–water partition coefficient (Wildman–Crippen LogP) is 1.62. The number of nitrogens with zero attached hydrogens (tertiary/aromatic N) is 2. The lowest BCUT2D eigenvalue weighted by molar-refractivity contribution is -0.388. The molecule has 0 fully saturated rings. The first-order valence-corrected chi connectivity index (χ1v) is 3.75. The quantitative estimate of drug-likeness (QED) is 0.441. The molecule has 0 amide bonds. The summed E-state index contributed by atoms with van der Waals surface area (Å²) < 4.78 is 41.8. The van der Waals surface area contributed by atoms with E-state index in [4.69, 9.17) is 0 Å². The van der Waals surface area contributed by atoms with Gasteiger partial charge in [-0.1, -0.05) is 0 Å². The van der Waals surface area contributed by atoms with Crippen LogP contribution < -0.4 is 4.74 Å². The van der Waals surface area contributed by atoms with Crippen molar-refractivity contribution in [3.05, 3.63) is 27.9 Å². The summed E-state index contributed by atoms with van der Waals surface area (Å²) in [5.41, 5.74) is -1.10. The van der Waals surface area contributed by atoms with E-state index in [1.54, 1.807) is 0 Å². The van der Waals surface area contributed by atoms with Gasteiger partial charge in [-0.15, -0.1) is 0 Å². The smallest absolute Gasteiger partial charge is 0.327 e. The van der Waals surface area contributed by atoms with E-state index in [0.29, 0.717) is 6.07 Å². The molecule has 0 aliphatic rings. The van der Waals surface area contributed by atoms with Crippen LogP contribution >= 0.6 is 0 Å². The number of pyridine rings is 1. The van der Waals surface area contributed by atoms with Crippen LogP contribution in [0.25, 0.3) is 0 Å². The molecule has 0 saturated carbocycles. The van der Waals surface area contributed by atoms with Crippen molar-refractivity contribution in [1.29, 1.82) is 0 Å². The van der Waals surface area contributed by atoms with Gasteiger partial charge in [-0.3, -0.25) is 10.1 Å². The third kappa shape index (κ3) is 2.55. The van der Waals surface area contributed by atoms with E-state index in [1.165, 1.54) is 0 Å². The molecule has 1 aromatic rings. The highest BCUT2D eigenvalue weighted by molar-refractivity contribution is 5.32. The van der Waals surface area contributed by atoms with Gasteiger partial charge in [0.1, 0.15) is 13.3 Å². The molecule has 0 aliphatic heterocycles. The van der Waals surface area contributed by atoms with Gasteiger partial charge in [-0.2, -0.15) is 9.37 Å². The second kappa shape index (κ2) is 4.58. The number of halogens is 3. The zero-order valence-corrected chi connectivity index (χ0v) is 7.24. The minimum absolute atomic E-state index is 0.329. The number of hydrogen-bond acceptors (Lipinski definition) is 4. The van der Waals surface area contributed by atoms with Gasteiger partial charge in [0.05, 0.1) is 11.0 Å². The lowest BCUT2D eigenvalue weighted by atomic mass is 10.4. The van der Waals surface area contributed by atoms with Crippen LogP contribution in [0.4, 0.5) is 18.9 Å². The average Bonchev–Trinajstić information content (AvgIpc) is 2.18. The SMILES string of the molecule is O=[N+]([O-])c1cc(F)c(OCCF)nc1F. The van der Waals surface area contributed by atoms with Crippen molar-refractivity contribution in [2.45, 2.75) is 0 Å². The normalized spacial score (nSPS) is 10.1. The van der Waals surface area contributed by atoms with Crippen molar-refractivity contribution in [2.24, 2.45) is 0 Å². The molecule has 1 aromatic heterocycles. The van der Waals surface area contributed by atoms with Crippen LogP contribution in [0.3, 0.4) is 0 Å². The molecule has 82 valence electrons. The van der Waals surface area contributed by atoms with Crippen LogP contribution in [0, 0.1) is 21.9 Å². The van der Waals surface area contributed by atoms with Crippen molar-refractivity contribution >= 4 is 5.69 Å². The van der Waals surface area contributed by atoms with Crippen LogP contribution in [0.5, 0.6) is 5.88 Å². The third-order valence-electron chi connectivity index (χ3n) is 1.39. The maximum Gasteiger partial charge on any atom is 0.327 e. The van der Waals surface area contributed by atoms with Gasteiger partial charge in [0.15, 0.2) is 5.82 Å². The fourth-order valence-electron chi connectivity index (χ4n) is 0.806.